The van der Waals surface area contributed by atoms with Gasteiger partial charge in [-0.1, -0.05) is 30.1 Å². The Hall–Kier alpha value is -3.33. The second-order valence-corrected chi connectivity index (χ2v) is 6.97. The third kappa shape index (κ3) is 4.30. The summed E-state index contributed by atoms with van der Waals surface area (Å²) in [6.07, 6.45) is -2.92. The summed E-state index contributed by atoms with van der Waals surface area (Å²) in [5.41, 5.74) is 2.97. The van der Waals surface area contributed by atoms with Gasteiger partial charge in [-0.15, -0.1) is 13.2 Å². The van der Waals surface area contributed by atoms with E-state index in [0.717, 1.165) is 28.9 Å². The van der Waals surface area contributed by atoms with Crippen molar-refractivity contribution < 1.29 is 27.4 Å². The van der Waals surface area contributed by atoms with Crippen molar-refractivity contribution in [2.45, 2.75) is 6.36 Å². The predicted molar refractivity (Wildman–Crippen MR) is 110 cm³/mol. The largest absolute Gasteiger partial charge is 0.573 e. The van der Waals surface area contributed by atoms with Crippen LogP contribution in [0, 0.1) is 0 Å². The molecule has 0 saturated heterocycles. The lowest BCUT2D eigenvalue weighted by Crippen LogP contribution is -2.17. The van der Waals surface area contributed by atoms with Crippen LogP contribution in [0.2, 0.25) is 0 Å². The van der Waals surface area contributed by atoms with Crippen molar-refractivity contribution in [3.05, 3.63) is 66.2 Å². The van der Waals surface area contributed by atoms with E-state index in [0.29, 0.717) is 5.75 Å². The number of ether oxygens (including phenoxy) is 2. The van der Waals surface area contributed by atoms with E-state index in [1.165, 1.54) is 18.0 Å². The molecule has 0 aromatic heterocycles. The summed E-state index contributed by atoms with van der Waals surface area (Å²) in [4.78, 5) is 12.7. The Bertz CT molecular complexity index is 1120. The van der Waals surface area contributed by atoms with Crippen LogP contribution < -0.4 is 19.5 Å². The number of fused-ring (bicyclic) bond motifs is 2. The molecule has 30 heavy (non-hydrogen) atoms. The number of benzene rings is 3. The summed E-state index contributed by atoms with van der Waals surface area (Å²) < 4.78 is 50.3. The van der Waals surface area contributed by atoms with Gasteiger partial charge in [-0.3, -0.25) is 4.79 Å². The van der Waals surface area contributed by atoms with Crippen LogP contribution in [0.3, 0.4) is 0 Å². The minimum atomic E-state index is -4.83. The monoisotopic (exact) mass is 432 g/mol. The van der Waals surface area contributed by atoms with Gasteiger partial charge in [-0.05, 0) is 47.5 Å². The number of alkyl halides is 3. The lowest BCUT2D eigenvalue weighted by Gasteiger charge is -2.12. The number of hydrogen-bond acceptors (Lipinski definition) is 5. The van der Waals surface area contributed by atoms with Crippen molar-refractivity contribution in [1.29, 1.82) is 0 Å². The van der Waals surface area contributed by atoms with Gasteiger partial charge in [0.15, 0.2) is 5.75 Å². The van der Waals surface area contributed by atoms with Crippen LogP contribution in [0.4, 0.5) is 24.5 Å². The zero-order valence-corrected chi connectivity index (χ0v) is 16.4. The molecule has 2 N–H and O–H groups in total. The van der Waals surface area contributed by atoms with E-state index in [2.05, 4.69) is 14.8 Å². The standard InChI is InChI=1S/C21H15F3N2O3S/c1-30-26-14-4-2-3-12(9-14)13-5-7-18-16(10-13)20(27)25-17-11-15(29-21(22,23)24)6-8-19(17)28-18/h2-11,26H,1H3,(H,25,27). The molecule has 4 rings (SSSR count). The summed E-state index contributed by atoms with van der Waals surface area (Å²) in [6.45, 7) is 0. The Labute approximate surface area is 174 Å². The molecule has 0 radical (unpaired) electrons. The van der Waals surface area contributed by atoms with Crippen LogP contribution in [0.25, 0.3) is 11.1 Å². The molecule has 9 heteroatoms. The fraction of sp³-hybridized carbons (Fsp3) is 0.0952. The van der Waals surface area contributed by atoms with E-state index in [1.54, 1.807) is 12.1 Å². The minimum Gasteiger partial charge on any atom is -0.454 e. The Morgan fingerprint density at radius 3 is 2.53 bits per heavy atom. The van der Waals surface area contributed by atoms with Crippen molar-refractivity contribution in [2.75, 3.05) is 16.3 Å². The Morgan fingerprint density at radius 1 is 1.00 bits per heavy atom. The molecule has 1 amide bonds. The quantitative estimate of drug-likeness (QED) is 0.474. The number of hydrogen-bond donors (Lipinski definition) is 2. The second kappa shape index (κ2) is 7.83. The summed E-state index contributed by atoms with van der Waals surface area (Å²) in [5, 5.41) is 2.59. The van der Waals surface area contributed by atoms with Gasteiger partial charge in [0.05, 0.1) is 11.3 Å². The normalized spacial score (nSPS) is 12.7. The van der Waals surface area contributed by atoms with Crippen LogP contribution in [0.1, 0.15) is 10.4 Å². The Balaban J connectivity index is 1.66. The van der Waals surface area contributed by atoms with E-state index in [4.69, 9.17) is 4.74 Å². The third-order valence-corrected chi connectivity index (χ3v) is 4.73. The van der Waals surface area contributed by atoms with Gasteiger partial charge in [0, 0.05) is 18.0 Å². The van der Waals surface area contributed by atoms with Crippen LogP contribution in [-0.2, 0) is 0 Å². The fourth-order valence-electron chi connectivity index (χ4n) is 3.06. The smallest absolute Gasteiger partial charge is 0.454 e. The number of anilines is 2. The SMILES string of the molecule is CSNc1cccc(-c2ccc3c(c2)C(=O)Nc2cc(OC(F)(F)F)ccc2O3)c1. The molecule has 0 bridgehead atoms. The highest BCUT2D eigenvalue weighted by molar-refractivity contribution is 7.99. The van der Waals surface area contributed by atoms with E-state index >= 15 is 0 Å². The summed E-state index contributed by atoms with van der Waals surface area (Å²) in [7, 11) is 0. The zero-order valence-electron chi connectivity index (χ0n) is 15.5. The van der Waals surface area contributed by atoms with Gasteiger partial charge in [-0.2, -0.15) is 0 Å². The first-order valence-corrected chi connectivity index (χ1v) is 9.97. The highest BCUT2D eigenvalue weighted by Crippen LogP contribution is 2.40. The summed E-state index contributed by atoms with van der Waals surface area (Å²) >= 11 is 1.47. The second-order valence-electron chi connectivity index (χ2n) is 6.36. The van der Waals surface area contributed by atoms with Gasteiger partial charge in [-0.25, -0.2) is 0 Å². The maximum Gasteiger partial charge on any atom is 0.573 e. The molecule has 0 spiro atoms. The number of amides is 1. The van der Waals surface area contributed by atoms with Crippen molar-refractivity contribution >= 4 is 29.2 Å². The van der Waals surface area contributed by atoms with Crippen molar-refractivity contribution in [1.82, 2.24) is 0 Å². The number of nitrogens with one attached hydrogen (secondary N) is 2. The van der Waals surface area contributed by atoms with Crippen molar-refractivity contribution in [3.8, 4) is 28.4 Å². The van der Waals surface area contributed by atoms with Crippen LogP contribution in [0.15, 0.2) is 60.7 Å². The molecule has 0 fully saturated rings. The average molecular weight is 432 g/mol. The topological polar surface area (TPSA) is 59.6 Å². The highest BCUT2D eigenvalue weighted by Gasteiger charge is 2.32. The van der Waals surface area contributed by atoms with Gasteiger partial charge >= 0.3 is 6.36 Å². The molecule has 0 aliphatic carbocycles. The lowest BCUT2D eigenvalue weighted by molar-refractivity contribution is -0.274. The third-order valence-electron chi connectivity index (χ3n) is 4.29. The van der Waals surface area contributed by atoms with Crippen LogP contribution >= 0.6 is 11.9 Å². The molecular formula is C21H15F3N2O3S. The molecule has 5 nitrogen and oxygen atoms in total. The molecule has 1 aliphatic rings. The maximum absolute atomic E-state index is 12.7. The average Bonchev–Trinajstić information content (AvgIpc) is 2.82. The summed E-state index contributed by atoms with van der Waals surface area (Å²) in [6, 6.07) is 16.4. The van der Waals surface area contributed by atoms with Gasteiger partial charge < -0.3 is 19.5 Å². The van der Waals surface area contributed by atoms with Crippen LogP contribution in [0.5, 0.6) is 17.2 Å². The first-order chi connectivity index (χ1) is 14.3. The van der Waals surface area contributed by atoms with Gasteiger partial charge in [0.1, 0.15) is 11.5 Å². The molecular weight excluding hydrogens is 417 g/mol. The van der Waals surface area contributed by atoms with E-state index in [1.807, 2.05) is 36.6 Å². The Kier molecular flexibility index (Phi) is 5.21. The molecule has 1 heterocycles. The first kappa shape index (κ1) is 20.0. The molecule has 3 aromatic rings. The summed E-state index contributed by atoms with van der Waals surface area (Å²) in [5.74, 6) is -0.420. The van der Waals surface area contributed by atoms with Crippen molar-refractivity contribution in [2.24, 2.45) is 0 Å². The van der Waals surface area contributed by atoms with Gasteiger partial charge in [0.2, 0.25) is 0 Å². The molecule has 3 aromatic carbocycles. The van der Waals surface area contributed by atoms with E-state index in [-0.39, 0.29) is 17.0 Å². The van der Waals surface area contributed by atoms with E-state index < -0.39 is 18.0 Å². The maximum atomic E-state index is 12.7. The van der Waals surface area contributed by atoms with Crippen molar-refractivity contribution in [3.63, 3.8) is 0 Å². The number of rotatable bonds is 4. The highest BCUT2D eigenvalue weighted by atomic mass is 32.2. The van der Waals surface area contributed by atoms with Crippen LogP contribution in [-0.4, -0.2) is 18.5 Å². The lowest BCUT2D eigenvalue weighted by atomic mass is 10.0. The first-order valence-electron chi connectivity index (χ1n) is 8.75. The molecule has 154 valence electrons. The minimum absolute atomic E-state index is 0.0886. The van der Waals surface area contributed by atoms with E-state index in [9.17, 15) is 18.0 Å². The molecule has 0 unspecified atom stereocenters. The number of carbonyl (C=O) groups is 1. The number of halogens is 3. The number of carbonyl (C=O) groups excluding carboxylic acids is 1. The predicted octanol–water partition coefficient (Wildman–Crippen LogP) is 6.30. The molecule has 0 saturated carbocycles. The molecule has 1 aliphatic heterocycles. The fourth-order valence-corrected chi connectivity index (χ4v) is 3.42. The Morgan fingerprint density at radius 2 is 1.77 bits per heavy atom. The molecule has 0 atom stereocenters. The van der Waals surface area contributed by atoms with Gasteiger partial charge in [0.25, 0.3) is 5.91 Å². The zero-order chi connectivity index (χ0) is 21.3.